The van der Waals surface area contributed by atoms with Gasteiger partial charge in [-0.1, -0.05) is 42.3 Å². The number of amides is 2. The second-order valence-corrected chi connectivity index (χ2v) is 10.5. The van der Waals surface area contributed by atoms with E-state index in [1.54, 1.807) is 32.0 Å². The standard InChI is InChI=1S/C22H26Cl2N4O6S/c1-5-19(22(30)25-3)26(12-16-17(23)7-6-8-18(16)24)21(29)13-27(35(4,33)34)20-11-15(28(31)32)10-9-14(20)2/h6-11,19H,5,12-13H2,1-4H3,(H,25,30)/t19-/m0/s1. The first-order chi connectivity index (χ1) is 16.3. The Balaban J connectivity index is 2.57. The Morgan fingerprint density at radius 2 is 1.77 bits per heavy atom. The number of carbonyl (C=O) groups excluding carboxylic acids is 2. The second kappa shape index (κ2) is 11.7. The highest BCUT2D eigenvalue weighted by Gasteiger charge is 2.33. The van der Waals surface area contributed by atoms with E-state index in [2.05, 4.69) is 5.32 Å². The molecule has 0 aliphatic heterocycles. The molecule has 0 saturated heterocycles. The minimum absolute atomic E-state index is 0.0150. The van der Waals surface area contributed by atoms with E-state index in [4.69, 9.17) is 23.2 Å². The molecule has 0 unspecified atom stereocenters. The van der Waals surface area contributed by atoms with Crippen LogP contribution in [0.1, 0.15) is 24.5 Å². The van der Waals surface area contributed by atoms with Crippen molar-refractivity contribution >= 4 is 56.4 Å². The molecule has 0 aromatic heterocycles. The van der Waals surface area contributed by atoms with Crippen LogP contribution < -0.4 is 9.62 Å². The van der Waals surface area contributed by atoms with Gasteiger partial charge in [0.25, 0.3) is 5.69 Å². The van der Waals surface area contributed by atoms with Gasteiger partial charge < -0.3 is 10.2 Å². The molecule has 0 saturated carbocycles. The van der Waals surface area contributed by atoms with Crippen molar-refractivity contribution in [1.82, 2.24) is 10.2 Å². The molecule has 10 nitrogen and oxygen atoms in total. The minimum Gasteiger partial charge on any atom is -0.357 e. The van der Waals surface area contributed by atoms with E-state index in [1.165, 1.54) is 24.1 Å². The summed E-state index contributed by atoms with van der Waals surface area (Å²) in [5.74, 6) is -1.17. The third-order valence-electron chi connectivity index (χ3n) is 5.37. The van der Waals surface area contributed by atoms with Crippen molar-refractivity contribution in [2.75, 3.05) is 24.2 Å². The summed E-state index contributed by atoms with van der Waals surface area (Å²) < 4.78 is 26.2. The lowest BCUT2D eigenvalue weighted by Gasteiger charge is -2.33. The number of anilines is 1. The molecule has 2 amide bonds. The summed E-state index contributed by atoms with van der Waals surface area (Å²) in [4.78, 5) is 38.0. The van der Waals surface area contributed by atoms with Gasteiger partial charge in [-0.2, -0.15) is 0 Å². The van der Waals surface area contributed by atoms with Crippen molar-refractivity contribution in [2.24, 2.45) is 0 Å². The molecule has 13 heteroatoms. The number of halogens is 2. The molecule has 1 atom stereocenters. The van der Waals surface area contributed by atoms with E-state index >= 15 is 0 Å². The predicted octanol–water partition coefficient (Wildman–Crippen LogP) is 3.53. The van der Waals surface area contributed by atoms with Crippen molar-refractivity contribution in [1.29, 1.82) is 0 Å². The van der Waals surface area contributed by atoms with E-state index in [-0.39, 0.29) is 34.4 Å². The average molecular weight is 545 g/mol. The maximum atomic E-state index is 13.6. The van der Waals surface area contributed by atoms with Gasteiger partial charge in [-0.3, -0.25) is 24.0 Å². The van der Waals surface area contributed by atoms with Gasteiger partial charge in [0.2, 0.25) is 21.8 Å². The smallest absolute Gasteiger partial charge is 0.271 e. The Kier molecular flexibility index (Phi) is 9.47. The molecule has 2 rings (SSSR count). The number of nitro benzene ring substituents is 1. The van der Waals surface area contributed by atoms with Crippen LogP contribution in [0.25, 0.3) is 0 Å². The quantitative estimate of drug-likeness (QED) is 0.359. The predicted molar refractivity (Wildman–Crippen MR) is 135 cm³/mol. The Bertz CT molecular complexity index is 1220. The van der Waals surface area contributed by atoms with E-state index in [0.717, 1.165) is 16.6 Å². The molecule has 2 aromatic rings. The lowest BCUT2D eigenvalue weighted by Crippen LogP contribution is -2.51. The van der Waals surface area contributed by atoms with Crippen LogP contribution in [-0.2, 0) is 26.2 Å². The van der Waals surface area contributed by atoms with E-state index < -0.39 is 39.3 Å². The summed E-state index contributed by atoms with van der Waals surface area (Å²) in [6.07, 6.45) is 1.12. The zero-order valence-electron chi connectivity index (χ0n) is 19.6. The zero-order valence-corrected chi connectivity index (χ0v) is 21.9. The molecule has 35 heavy (non-hydrogen) atoms. The van der Waals surface area contributed by atoms with Gasteiger partial charge in [0.1, 0.15) is 12.6 Å². The third-order valence-corrected chi connectivity index (χ3v) is 7.21. The first-order valence-corrected chi connectivity index (χ1v) is 13.1. The van der Waals surface area contributed by atoms with Gasteiger partial charge in [-0.25, -0.2) is 8.42 Å². The number of carbonyl (C=O) groups is 2. The molecule has 190 valence electrons. The summed E-state index contributed by atoms with van der Waals surface area (Å²) in [5.41, 5.74) is 0.457. The van der Waals surface area contributed by atoms with Gasteiger partial charge in [-0.05, 0) is 31.0 Å². The van der Waals surface area contributed by atoms with Crippen LogP contribution in [0.15, 0.2) is 36.4 Å². The van der Waals surface area contributed by atoms with Crippen molar-refractivity contribution in [3.63, 3.8) is 0 Å². The summed E-state index contributed by atoms with van der Waals surface area (Å²) in [6, 6.07) is 7.58. The van der Waals surface area contributed by atoms with Gasteiger partial charge in [-0.15, -0.1) is 0 Å². The molecule has 0 heterocycles. The molecular formula is C22H26Cl2N4O6S. The van der Waals surface area contributed by atoms with Crippen molar-refractivity contribution < 1.29 is 22.9 Å². The molecule has 0 radical (unpaired) electrons. The Labute approximate surface area is 214 Å². The number of benzene rings is 2. The molecule has 0 aliphatic carbocycles. The monoisotopic (exact) mass is 544 g/mol. The number of hydrogen-bond acceptors (Lipinski definition) is 6. The maximum absolute atomic E-state index is 13.6. The highest BCUT2D eigenvalue weighted by Crippen LogP contribution is 2.29. The SMILES string of the molecule is CC[C@@H](C(=O)NC)N(Cc1c(Cl)cccc1Cl)C(=O)CN(c1cc([N+](=O)[O-])ccc1C)S(C)(=O)=O. The molecule has 0 spiro atoms. The molecule has 0 fully saturated rings. The fraction of sp³-hybridized carbons (Fsp3) is 0.364. The largest absolute Gasteiger partial charge is 0.357 e. The normalized spacial score (nSPS) is 12.1. The molecule has 0 bridgehead atoms. The number of nitrogens with zero attached hydrogens (tertiary/aromatic N) is 3. The van der Waals surface area contributed by atoms with E-state index in [0.29, 0.717) is 11.1 Å². The van der Waals surface area contributed by atoms with Crippen LogP contribution in [0.5, 0.6) is 0 Å². The van der Waals surface area contributed by atoms with Gasteiger partial charge in [0.05, 0.1) is 16.9 Å². The van der Waals surface area contributed by atoms with Gasteiger partial charge >= 0.3 is 0 Å². The van der Waals surface area contributed by atoms with Crippen LogP contribution >= 0.6 is 23.2 Å². The Morgan fingerprint density at radius 1 is 1.17 bits per heavy atom. The first-order valence-electron chi connectivity index (χ1n) is 10.5. The molecule has 0 aliphatic rings. The van der Waals surface area contributed by atoms with Crippen LogP contribution in [0.2, 0.25) is 10.0 Å². The zero-order chi connectivity index (χ0) is 26.5. The topological polar surface area (TPSA) is 130 Å². The van der Waals surface area contributed by atoms with Crippen molar-refractivity contribution in [3.05, 3.63) is 67.7 Å². The van der Waals surface area contributed by atoms with Crippen molar-refractivity contribution in [3.8, 4) is 0 Å². The van der Waals surface area contributed by atoms with Crippen LogP contribution in [0.4, 0.5) is 11.4 Å². The molecule has 2 aromatic carbocycles. The molecular weight excluding hydrogens is 519 g/mol. The van der Waals surface area contributed by atoms with Crippen LogP contribution in [0.3, 0.4) is 0 Å². The summed E-state index contributed by atoms with van der Waals surface area (Å²) in [7, 11) is -2.63. The number of non-ortho nitro benzene ring substituents is 1. The number of likely N-dealkylation sites (N-methyl/N-ethyl adjacent to an activating group) is 1. The lowest BCUT2D eigenvalue weighted by molar-refractivity contribution is -0.384. The maximum Gasteiger partial charge on any atom is 0.271 e. The fourth-order valence-electron chi connectivity index (χ4n) is 3.51. The lowest BCUT2D eigenvalue weighted by atomic mass is 10.1. The fourth-order valence-corrected chi connectivity index (χ4v) is 4.93. The van der Waals surface area contributed by atoms with Crippen molar-refractivity contribution in [2.45, 2.75) is 32.9 Å². The summed E-state index contributed by atoms with van der Waals surface area (Å²) >= 11 is 12.6. The average Bonchev–Trinajstić information content (AvgIpc) is 2.78. The molecule has 1 N–H and O–H groups in total. The Morgan fingerprint density at radius 3 is 2.26 bits per heavy atom. The summed E-state index contributed by atoms with van der Waals surface area (Å²) in [6.45, 7) is 2.42. The van der Waals surface area contributed by atoms with Gasteiger partial charge in [0.15, 0.2) is 0 Å². The number of hydrogen-bond donors (Lipinski definition) is 1. The highest BCUT2D eigenvalue weighted by atomic mass is 35.5. The number of sulfonamides is 1. The van der Waals surface area contributed by atoms with Gasteiger partial charge in [0, 0.05) is 41.3 Å². The van der Waals surface area contributed by atoms with Crippen LogP contribution in [-0.4, -0.2) is 55.9 Å². The number of nitro groups is 1. The van der Waals surface area contributed by atoms with E-state index in [1.807, 2.05) is 0 Å². The number of rotatable bonds is 10. The highest BCUT2D eigenvalue weighted by molar-refractivity contribution is 7.92. The first kappa shape index (κ1) is 28.3. The second-order valence-electron chi connectivity index (χ2n) is 7.76. The number of aryl methyl sites for hydroxylation is 1. The Hall–Kier alpha value is -2.89. The van der Waals surface area contributed by atoms with E-state index in [9.17, 15) is 28.1 Å². The van der Waals surface area contributed by atoms with Crippen LogP contribution in [0, 0.1) is 17.0 Å². The minimum atomic E-state index is -4.05. The summed E-state index contributed by atoms with van der Waals surface area (Å²) in [5, 5.41) is 14.3. The third kappa shape index (κ3) is 6.83. The number of nitrogens with one attached hydrogen (secondary N) is 1.